The molecule has 0 spiro atoms. The van der Waals surface area contributed by atoms with Crippen LogP contribution in [0.2, 0.25) is 0 Å². The van der Waals surface area contributed by atoms with Crippen molar-refractivity contribution in [1.29, 1.82) is 0 Å². The molecule has 0 atom stereocenters. The van der Waals surface area contributed by atoms with Gasteiger partial charge in [0.05, 0.1) is 6.34 Å². The van der Waals surface area contributed by atoms with E-state index < -0.39 is 0 Å². The van der Waals surface area contributed by atoms with Crippen LogP contribution in [0.4, 0.5) is 0 Å². The predicted molar refractivity (Wildman–Crippen MR) is 59.0 cm³/mol. The van der Waals surface area contributed by atoms with E-state index in [4.69, 9.17) is 0 Å². The van der Waals surface area contributed by atoms with Crippen LogP contribution in [0.3, 0.4) is 0 Å². The third-order valence-electron chi connectivity index (χ3n) is 2.03. The highest BCUT2D eigenvalue weighted by atomic mass is 14.9. The summed E-state index contributed by atoms with van der Waals surface area (Å²) in [7, 11) is 0. The highest BCUT2D eigenvalue weighted by molar-refractivity contribution is 5.58. The van der Waals surface area contributed by atoms with E-state index in [1.165, 1.54) is 11.1 Å². The monoisotopic (exact) mass is 184 g/mol. The fraction of sp³-hybridized carbons (Fsp3) is 0.0833. The first-order chi connectivity index (χ1) is 6.95. The van der Waals surface area contributed by atoms with E-state index in [0.29, 0.717) is 0 Å². The van der Waals surface area contributed by atoms with Crippen LogP contribution in [0.1, 0.15) is 5.56 Å². The average molecular weight is 184 g/mol. The summed E-state index contributed by atoms with van der Waals surface area (Å²) in [4.78, 5) is 4.09. The second-order valence-electron chi connectivity index (χ2n) is 3.14. The number of aliphatic imine (C=N–C) groups is 1. The number of nitrogens with one attached hydrogen (secondary N) is 1. The average Bonchev–Trinajstić information content (AvgIpc) is 2.48. The molecule has 1 aliphatic rings. The summed E-state index contributed by atoms with van der Waals surface area (Å²) < 4.78 is 0. The normalized spacial score (nSPS) is 14.4. The minimum atomic E-state index is 0.927. The van der Waals surface area contributed by atoms with Gasteiger partial charge >= 0.3 is 0 Å². The van der Waals surface area contributed by atoms with Crippen molar-refractivity contribution in [1.82, 2.24) is 5.32 Å². The summed E-state index contributed by atoms with van der Waals surface area (Å²) in [6.45, 7) is 0. The van der Waals surface area contributed by atoms with E-state index in [0.717, 1.165) is 6.42 Å². The lowest BCUT2D eigenvalue weighted by Crippen LogP contribution is -1.97. The molecule has 0 aliphatic carbocycles. The molecule has 2 rings (SSSR count). The number of rotatable bonds is 2. The van der Waals surface area contributed by atoms with Gasteiger partial charge in [-0.2, -0.15) is 0 Å². The van der Waals surface area contributed by atoms with Crippen molar-refractivity contribution in [3.8, 4) is 0 Å². The van der Waals surface area contributed by atoms with E-state index >= 15 is 0 Å². The smallest absolute Gasteiger partial charge is 0.0918 e. The van der Waals surface area contributed by atoms with E-state index in [9.17, 15) is 0 Å². The number of nitrogens with zero attached hydrogens (tertiary/aromatic N) is 1. The third kappa shape index (κ3) is 2.33. The largest absolute Gasteiger partial charge is 0.353 e. The number of hydrogen-bond donors (Lipinski definition) is 1. The Morgan fingerprint density at radius 2 is 2.00 bits per heavy atom. The first-order valence-electron chi connectivity index (χ1n) is 4.62. The highest BCUT2D eigenvalue weighted by Crippen LogP contribution is 2.09. The summed E-state index contributed by atoms with van der Waals surface area (Å²) in [5, 5.41) is 2.94. The molecule has 0 radical (unpaired) electrons. The summed E-state index contributed by atoms with van der Waals surface area (Å²) in [5.41, 5.74) is 2.51. The van der Waals surface area contributed by atoms with Gasteiger partial charge in [-0.25, -0.2) is 4.99 Å². The molecule has 1 aliphatic heterocycles. The highest BCUT2D eigenvalue weighted by Gasteiger charge is 1.96. The number of benzene rings is 1. The zero-order valence-corrected chi connectivity index (χ0v) is 7.85. The van der Waals surface area contributed by atoms with Crippen molar-refractivity contribution < 1.29 is 0 Å². The summed E-state index contributed by atoms with van der Waals surface area (Å²) in [6.07, 6.45) is 8.42. The van der Waals surface area contributed by atoms with Crippen molar-refractivity contribution in [3.63, 3.8) is 0 Å². The molecule has 0 saturated heterocycles. The maximum atomic E-state index is 4.09. The van der Waals surface area contributed by atoms with Crippen LogP contribution >= 0.6 is 0 Å². The molecule has 0 amide bonds. The molecular formula is C12H12N2. The van der Waals surface area contributed by atoms with E-state index in [-0.39, 0.29) is 0 Å². The van der Waals surface area contributed by atoms with Gasteiger partial charge in [-0.05, 0) is 23.6 Å². The van der Waals surface area contributed by atoms with Crippen LogP contribution in [0.15, 0.2) is 59.4 Å². The van der Waals surface area contributed by atoms with Gasteiger partial charge in [-0.1, -0.05) is 30.3 Å². The zero-order valence-electron chi connectivity index (χ0n) is 7.85. The van der Waals surface area contributed by atoms with Gasteiger partial charge in [0.15, 0.2) is 0 Å². The zero-order chi connectivity index (χ0) is 9.64. The number of allylic oxidation sites excluding steroid dienone is 2. The van der Waals surface area contributed by atoms with Crippen LogP contribution in [-0.2, 0) is 6.42 Å². The molecule has 14 heavy (non-hydrogen) atoms. The second-order valence-corrected chi connectivity index (χ2v) is 3.14. The van der Waals surface area contributed by atoms with Crippen molar-refractivity contribution in [3.05, 3.63) is 59.9 Å². The first kappa shape index (κ1) is 8.75. The molecule has 2 nitrogen and oxygen atoms in total. The van der Waals surface area contributed by atoms with E-state index in [1.54, 1.807) is 6.34 Å². The summed E-state index contributed by atoms with van der Waals surface area (Å²) >= 11 is 0. The van der Waals surface area contributed by atoms with Crippen molar-refractivity contribution in [2.24, 2.45) is 4.99 Å². The van der Waals surface area contributed by atoms with E-state index in [1.807, 2.05) is 24.5 Å². The lowest BCUT2D eigenvalue weighted by Gasteiger charge is -2.00. The molecule has 1 aromatic carbocycles. The minimum absolute atomic E-state index is 0.927. The van der Waals surface area contributed by atoms with E-state index in [2.05, 4.69) is 34.6 Å². The molecule has 1 N–H and O–H groups in total. The van der Waals surface area contributed by atoms with Gasteiger partial charge in [0.1, 0.15) is 0 Å². The molecule has 0 bridgehead atoms. The summed E-state index contributed by atoms with van der Waals surface area (Å²) in [5.74, 6) is 0. The quantitative estimate of drug-likeness (QED) is 0.749. The predicted octanol–water partition coefficient (Wildman–Crippen LogP) is 2.26. The lowest BCUT2D eigenvalue weighted by atomic mass is 10.1. The molecule has 0 unspecified atom stereocenters. The molecule has 0 saturated carbocycles. The Morgan fingerprint density at radius 3 is 2.86 bits per heavy atom. The van der Waals surface area contributed by atoms with Crippen LogP contribution in [0.5, 0.6) is 0 Å². The van der Waals surface area contributed by atoms with Gasteiger partial charge in [-0.15, -0.1) is 0 Å². The van der Waals surface area contributed by atoms with Gasteiger partial charge in [0.2, 0.25) is 0 Å². The fourth-order valence-electron chi connectivity index (χ4n) is 1.35. The topological polar surface area (TPSA) is 24.4 Å². The van der Waals surface area contributed by atoms with Crippen LogP contribution in [0, 0.1) is 0 Å². The first-order valence-corrected chi connectivity index (χ1v) is 4.62. The SMILES string of the molecule is C1=CC(Cc2ccccc2)=CN=CN1. The molecule has 0 fully saturated rings. The summed E-state index contributed by atoms with van der Waals surface area (Å²) in [6, 6.07) is 10.4. The maximum absolute atomic E-state index is 4.09. The molecule has 0 aromatic heterocycles. The minimum Gasteiger partial charge on any atom is -0.353 e. The van der Waals surface area contributed by atoms with Crippen molar-refractivity contribution in [2.75, 3.05) is 0 Å². The Hall–Kier alpha value is -1.83. The number of hydrogen-bond acceptors (Lipinski definition) is 2. The van der Waals surface area contributed by atoms with Gasteiger partial charge in [-0.3, -0.25) is 0 Å². The lowest BCUT2D eigenvalue weighted by molar-refractivity contribution is 1.18. The Balaban J connectivity index is 2.11. The third-order valence-corrected chi connectivity index (χ3v) is 2.03. The van der Waals surface area contributed by atoms with Gasteiger partial charge < -0.3 is 5.32 Å². The molecule has 70 valence electrons. The molecular weight excluding hydrogens is 172 g/mol. The second kappa shape index (κ2) is 4.42. The Kier molecular flexibility index (Phi) is 2.76. The molecule has 1 heterocycles. The molecule has 2 heteroatoms. The molecule has 1 aromatic rings. The van der Waals surface area contributed by atoms with Gasteiger partial charge in [0, 0.05) is 12.4 Å². The van der Waals surface area contributed by atoms with Crippen LogP contribution in [-0.4, -0.2) is 6.34 Å². The van der Waals surface area contributed by atoms with Crippen molar-refractivity contribution in [2.45, 2.75) is 6.42 Å². The Morgan fingerprint density at radius 1 is 1.14 bits per heavy atom. The fourth-order valence-corrected chi connectivity index (χ4v) is 1.35. The standard InChI is InChI=1S/C12H12N2/c1-2-4-11(5-3-1)8-12-6-7-13-10-14-9-12/h1-7,9-10H,8H2,(H,13,14). The van der Waals surface area contributed by atoms with Crippen molar-refractivity contribution >= 4 is 6.34 Å². The Bertz CT molecular complexity index is 375. The van der Waals surface area contributed by atoms with Crippen LogP contribution in [0.25, 0.3) is 0 Å². The Labute approximate surface area is 83.7 Å². The maximum Gasteiger partial charge on any atom is 0.0918 e. The van der Waals surface area contributed by atoms with Gasteiger partial charge in [0.25, 0.3) is 0 Å². The van der Waals surface area contributed by atoms with Crippen LogP contribution < -0.4 is 5.32 Å².